The third-order valence-corrected chi connectivity index (χ3v) is 3.16. The highest BCUT2D eigenvalue weighted by molar-refractivity contribution is 5.70. The van der Waals surface area contributed by atoms with Crippen molar-refractivity contribution < 1.29 is 23.9 Å². The first-order valence-corrected chi connectivity index (χ1v) is 8.38. The molecule has 25 heavy (non-hydrogen) atoms. The largest absolute Gasteiger partial charge is 0.444 e. The monoisotopic (exact) mass is 357 g/mol. The van der Waals surface area contributed by atoms with Crippen LogP contribution in [0.15, 0.2) is 11.8 Å². The topological polar surface area (TPSA) is 97.9 Å². The summed E-state index contributed by atoms with van der Waals surface area (Å²) < 4.78 is 10.6. The number of ether oxygens (including phenoxy) is 2. The van der Waals surface area contributed by atoms with E-state index in [-0.39, 0.29) is 6.04 Å². The molecule has 2 atom stereocenters. The molecule has 0 radical (unpaired) electrons. The van der Waals surface area contributed by atoms with Crippen molar-refractivity contribution >= 4 is 12.2 Å². The summed E-state index contributed by atoms with van der Waals surface area (Å²) in [7, 11) is 1.52. The minimum absolute atomic E-state index is 0.315. The van der Waals surface area contributed by atoms with E-state index in [2.05, 4.69) is 16.1 Å². The Kier molecular flexibility index (Phi) is 7.10. The minimum Gasteiger partial charge on any atom is -0.444 e. The number of rotatable bonds is 4. The van der Waals surface area contributed by atoms with Crippen LogP contribution in [0.2, 0.25) is 0 Å². The zero-order valence-electron chi connectivity index (χ0n) is 16.2. The molecule has 0 bridgehead atoms. The van der Waals surface area contributed by atoms with E-state index in [1.165, 1.54) is 7.11 Å². The predicted molar refractivity (Wildman–Crippen MR) is 93.8 cm³/mol. The first-order chi connectivity index (χ1) is 11.4. The van der Waals surface area contributed by atoms with Crippen LogP contribution in [0.1, 0.15) is 54.4 Å². The number of carbonyl (C=O) groups excluding carboxylic acids is 2. The first kappa shape index (κ1) is 21.1. The van der Waals surface area contributed by atoms with Gasteiger partial charge in [0.15, 0.2) is 0 Å². The summed E-state index contributed by atoms with van der Waals surface area (Å²) in [6, 6.07) is -0.765. The molecule has 0 aromatic rings. The van der Waals surface area contributed by atoms with E-state index in [9.17, 15) is 9.59 Å². The van der Waals surface area contributed by atoms with E-state index in [1.807, 2.05) is 0 Å². The molecule has 8 heteroatoms. The summed E-state index contributed by atoms with van der Waals surface area (Å²) in [5.41, 5.74) is 2.40. The number of amides is 2. The molecule has 0 aromatic heterocycles. The zero-order valence-corrected chi connectivity index (χ0v) is 16.2. The Morgan fingerprint density at radius 3 is 2.00 bits per heavy atom. The van der Waals surface area contributed by atoms with E-state index < -0.39 is 29.4 Å². The van der Waals surface area contributed by atoms with Crippen molar-refractivity contribution in [1.29, 1.82) is 0 Å². The molecule has 1 aliphatic rings. The molecule has 144 valence electrons. The molecule has 0 fully saturated rings. The molecular weight excluding hydrogens is 326 g/mol. The highest BCUT2D eigenvalue weighted by Crippen LogP contribution is 2.19. The van der Waals surface area contributed by atoms with Crippen molar-refractivity contribution in [2.75, 3.05) is 7.11 Å². The fourth-order valence-electron chi connectivity index (χ4n) is 2.33. The van der Waals surface area contributed by atoms with Crippen LogP contribution in [0, 0.1) is 0 Å². The molecule has 0 saturated carbocycles. The summed E-state index contributed by atoms with van der Waals surface area (Å²) >= 11 is 0. The SMILES string of the molecule is CONC1=C[C@@H](NC(=O)OC(C)(C)C)[C@@H](NC(=O)OC(C)(C)C)CC1. The molecule has 1 aliphatic carbocycles. The maximum atomic E-state index is 12.1. The average molecular weight is 357 g/mol. The quantitative estimate of drug-likeness (QED) is 0.669. The molecule has 1 rings (SSSR count). The average Bonchev–Trinajstić information content (AvgIpc) is 2.37. The fraction of sp³-hybridized carbons (Fsp3) is 0.765. The van der Waals surface area contributed by atoms with E-state index in [0.29, 0.717) is 12.8 Å². The van der Waals surface area contributed by atoms with Crippen LogP contribution >= 0.6 is 0 Å². The molecule has 0 aliphatic heterocycles. The smallest absolute Gasteiger partial charge is 0.408 e. The minimum atomic E-state index is -0.607. The summed E-state index contributed by atoms with van der Waals surface area (Å²) in [5.74, 6) is 0. The third kappa shape index (κ3) is 8.62. The zero-order chi connectivity index (χ0) is 19.3. The second-order valence-corrected chi connectivity index (χ2v) is 7.96. The molecule has 0 unspecified atom stereocenters. The van der Waals surface area contributed by atoms with Gasteiger partial charge in [0.25, 0.3) is 0 Å². The van der Waals surface area contributed by atoms with Gasteiger partial charge in [0.1, 0.15) is 11.2 Å². The van der Waals surface area contributed by atoms with Crippen LogP contribution < -0.4 is 16.1 Å². The second kappa shape index (κ2) is 8.42. The van der Waals surface area contributed by atoms with Crippen LogP contribution in [-0.4, -0.2) is 42.6 Å². The molecule has 3 N–H and O–H groups in total. The Balaban J connectivity index is 2.80. The first-order valence-electron chi connectivity index (χ1n) is 8.38. The number of alkyl carbamates (subject to hydrolysis) is 2. The van der Waals surface area contributed by atoms with Gasteiger partial charge in [-0.1, -0.05) is 0 Å². The van der Waals surface area contributed by atoms with Gasteiger partial charge in [-0.05, 0) is 60.5 Å². The lowest BCUT2D eigenvalue weighted by atomic mass is 9.94. The van der Waals surface area contributed by atoms with Gasteiger partial charge in [-0.2, -0.15) is 0 Å². The summed E-state index contributed by atoms with van der Waals surface area (Å²) in [5, 5.41) is 5.59. The normalized spacial score (nSPS) is 21.0. The third-order valence-electron chi connectivity index (χ3n) is 3.16. The van der Waals surface area contributed by atoms with Crippen LogP contribution in [0.5, 0.6) is 0 Å². The van der Waals surface area contributed by atoms with Gasteiger partial charge in [0.2, 0.25) is 0 Å². The number of nitrogens with one attached hydrogen (secondary N) is 3. The number of allylic oxidation sites excluding steroid dienone is 1. The number of hydroxylamine groups is 1. The maximum Gasteiger partial charge on any atom is 0.408 e. The Morgan fingerprint density at radius 2 is 1.52 bits per heavy atom. The lowest BCUT2D eigenvalue weighted by Crippen LogP contribution is -2.54. The molecule has 2 amide bonds. The van der Waals surface area contributed by atoms with Crippen LogP contribution in [0.3, 0.4) is 0 Å². The van der Waals surface area contributed by atoms with E-state index in [1.54, 1.807) is 47.6 Å². The van der Waals surface area contributed by atoms with Gasteiger partial charge in [-0.15, -0.1) is 0 Å². The summed E-state index contributed by atoms with van der Waals surface area (Å²) in [6.07, 6.45) is 2.01. The van der Waals surface area contributed by atoms with Crippen molar-refractivity contribution in [2.24, 2.45) is 0 Å². The maximum absolute atomic E-state index is 12.1. The van der Waals surface area contributed by atoms with Crippen LogP contribution in [0.4, 0.5) is 9.59 Å². The lowest BCUT2D eigenvalue weighted by molar-refractivity contribution is 0.0432. The molecule has 0 heterocycles. The summed E-state index contributed by atoms with van der Waals surface area (Å²) in [4.78, 5) is 29.1. The van der Waals surface area contributed by atoms with Crippen molar-refractivity contribution in [1.82, 2.24) is 16.1 Å². The van der Waals surface area contributed by atoms with Crippen LogP contribution in [0.25, 0.3) is 0 Å². The highest BCUT2D eigenvalue weighted by atomic mass is 16.6. The predicted octanol–water partition coefficient (Wildman–Crippen LogP) is 2.60. The molecule has 0 spiro atoms. The number of hydrogen-bond acceptors (Lipinski definition) is 6. The summed E-state index contributed by atoms with van der Waals surface area (Å²) in [6.45, 7) is 10.8. The van der Waals surface area contributed by atoms with Crippen molar-refractivity contribution in [3.8, 4) is 0 Å². The highest BCUT2D eigenvalue weighted by Gasteiger charge is 2.30. The fourth-order valence-corrected chi connectivity index (χ4v) is 2.33. The number of carbonyl (C=O) groups is 2. The van der Waals surface area contributed by atoms with Crippen LogP contribution in [-0.2, 0) is 14.3 Å². The van der Waals surface area contributed by atoms with Gasteiger partial charge in [-0.3, -0.25) is 10.3 Å². The Morgan fingerprint density at radius 1 is 1.00 bits per heavy atom. The van der Waals surface area contributed by atoms with Crippen molar-refractivity contribution in [3.05, 3.63) is 11.8 Å². The van der Waals surface area contributed by atoms with Gasteiger partial charge in [0, 0.05) is 5.70 Å². The van der Waals surface area contributed by atoms with E-state index in [0.717, 1.165) is 5.70 Å². The Bertz CT molecular complexity index is 505. The molecular formula is C17H31N3O5. The van der Waals surface area contributed by atoms with Gasteiger partial charge in [-0.25, -0.2) is 9.59 Å². The second-order valence-electron chi connectivity index (χ2n) is 7.96. The van der Waals surface area contributed by atoms with Gasteiger partial charge < -0.3 is 20.1 Å². The molecule has 0 saturated heterocycles. The standard InChI is InChI=1S/C17H31N3O5/c1-16(2,3)24-14(21)18-12-9-8-11(20-23-7)10-13(12)19-15(22)25-17(4,5)6/h10,12-13,20H,8-9H2,1-7H3,(H,18,21)(H,19,22)/t12-,13+/m0/s1. The lowest BCUT2D eigenvalue weighted by Gasteiger charge is -2.32. The van der Waals surface area contributed by atoms with Gasteiger partial charge in [0.05, 0.1) is 19.2 Å². The molecule has 0 aromatic carbocycles. The van der Waals surface area contributed by atoms with E-state index in [4.69, 9.17) is 14.3 Å². The van der Waals surface area contributed by atoms with E-state index >= 15 is 0 Å². The Labute approximate surface area is 149 Å². The van der Waals surface area contributed by atoms with Gasteiger partial charge >= 0.3 is 12.2 Å². The number of hydrogen-bond donors (Lipinski definition) is 3. The Hall–Kier alpha value is -1.96. The van der Waals surface area contributed by atoms with Crippen molar-refractivity contribution in [2.45, 2.75) is 77.7 Å². The van der Waals surface area contributed by atoms with Crippen molar-refractivity contribution in [3.63, 3.8) is 0 Å². The molecule has 8 nitrogen and oxygen atoms in total.